The maximum Gasteiger partial charge on any atom is 0.349 e. The van der Waals surface area contributed by atoms with Crippen LogP contribution in [0, 0.1) is 11.8 Å². The van der Waals surface area contributed by atoms with E-state index in [-0.39, 0.29) is 24.6 Å². The van der Waals surface area contributed by atoms with E-state index < -0.39 is 15.8 Å². The van der Waals surface area contributed by atoms with E-state index in [2.05, 4.69) is 42.1 Å². The van der Waals surface area contributed by atoms with Gasteiger partial charge in [0.25, 0.3) is 0 Å². The Hall–Kier alpha value is -4.14. The molecule has 2 amide bonds. The molecule has 2 aromatic carbocycles. The zero-order chi connectivity index (χ0) is 28.4. The Morgan fingerprint density at radius 3 is 2.56 bits per heavy atom. The number of hydrogen-bond donors (Lipinski definition) is 4. The second-order valence-electron chi connectivity index (χ2n) is 9.04. The van der Waals surface area contributed by atoms with Gasteiger partial charge in [-0.1, -0.05) is 17.9 Å². The number of aliphatic hydroxyl groups excluding tert-OH is 1. The lowest BCUT2D eigenvalue weighted by molar-refractivity contribution is 0.247. The van der Waals surface area contributed by atoms with Crippen molar-refractivity contribution in [3.8, 4) is 17.6 Å². The van der Waals surface area contributed by atoms with Crippen molar-refractivity contribution in [3.63, 3.8) is 0 Å². The molecular formula is C28H34N6O4S. The predicted molar refractivity (Wildman–Crippen MR) is 154 cm³/mol. The van der Waals surface area contributed by atoms with E-state index in [9.17, 15) is 14.1 Å². The molecule has 0 aliphatic heterocycles. The number of rotatable bonds is 9. The molecular weight excluding hydrogens is 516 g/mol. The Kier molecular flexibility index (Phi) is 10.3. The van der Waals surface area contributed by atoms with Crippen LogP contribution in [0.3, 0.4) is 0 Å². The number of carbonyl (C=O) groups is 1. The third-order valence-corrected chi connectivity index (χ3v) is 6.79. The number of nitrogens with zero attached hydrogens (tertiary/aromatic N) is 3. The molecule has 2 atom stereocenters. The summed E-state index contributed by atoms with van der Waals surface area (Å²) in [7, 11) is -2.98. The highest BCUT2D eigenvalue weighted by Gasteiger charge is 2.13. The minimum atomic E-state index is -2.98. The van der Waals surface area contributed by atoms with E-state index in [1.54, 1.807) is 44.3 Å². The lowest BCUT2D eigenvalue weighted by Gasteiger charge is -2.14. The first-order valence-electron chi connectivity index (χ1n) is 12.5. The van der Waals surface area contributed by atoms with Crippen LogP contribution in [-0.4, -0.2) is 56.9 Å². The number of amides is 2. The van der Waals surface area contributed by atoms with Gasteiger partial charge in [0, 0.05) is 34.5 Å². The van der Waals surface area contributed by atoms with Gasteiger partial charge in [-0.05, 0) is 70.2 Å². The van der Waals surface area contributed by atoms with Crippen LogP contribution in [0.5, 0.6) is 5.75 Å². The fourth-order valence-electron chi connectivity index (χ4n) is 3.29. The normalized spacial score (nSPS) is 12.9. The smallest absolute Gasteiger partial charge is 0.349 e. The molecule has 3 aromatic rings. The molecule has 3 rings (SSSR count). The quantitative estimate of drug-likeness (QED) is 0.288. The summed E-state index contributed by atoms with van der Waals surface area (Å²) >= 11 is 0. The van der Waals surface area contributed by atoms with Crippen LogP contribution in [0.4, 0.5) is 22.2 Å². The van der Waals surface area contributed by atoms with Gasteiger partial charge in [0.2, 0.25) is 5.95 Å². The monoisotopic (exact) mass is 550 g/mol. The van der Waals surface area contributed by atoms with Crippen molar-refractivity contribution in [3.05, 3.63) is 65.9 Å². The van der Waals surface area contributed by atoms with Crippen molar-refractivity contribution in [2.24, 2.45) is 4.36 Å². The topological polar surface area (TPSA) is 138 Å². The molecule has 1 unspecified atom stereocenters. The summed E-state index contributed by atoms with van der Waals surface area (Å²) in [6.07, 6.45) is 3.00. The Labute approximate surface area is 229 Å². The number of aliphatic hydroxyl groups is 1. The Bertz CT molecular complexity index is 1470. The van der Waals surface area contributed by atoms with Gasteiger partial charge < -0.3 is 25.8 Å². The summed E-state index contributed by atoms with van der Waals surface area (Å²) < 4.78 is 22.5. The van der Waals surface area contributed by atoms with Crippen molar-refractivity contribution >= 4 is 33.2 Å². The third-order valence-electron chi connectivity index (χ3n) is 5.15. The minimum Gasteiger partial charge on any atom is -0.494 e. The Balaban J connectivity index is 1.87. The highest BCUT2D eigenvalue weighted by atomic mass is 32.2. The number of hydrogen-bond acceptors (Lipinski definition) is 8. The van der Waals surface area contributed by atoms with Crippen LogP contribution < -0.4 is 20.7 Å². The molecule has 0 fully saturated rings. The van der Waals surface area contributed by atoms with Crippen LogP contribution in [0.15, 0.2) is 64.0 Å². The lowest BCUT2D eigenvalue weighted by Crippen LogP contribution is -2.28. The van der Waals surface area contributed by atoms with Crippen molar-refractivity contribution in [2.75, 3.05) is 30.1 Å². The van der Waals surface area contributed by atoms with E-state index in [0.717, 1.165) is 11.3 Å². The molecule has 1 aromatic heterocycles. The summed E-state index contributed by atoms with van der Waals surface area (Å²) in [5.41, 5.74) is 1.92. The van der Waals surface area contributed by atoms with Crippen LogP contribution in [0.1, 0.15) is 38.8 Å². The Morgan fingerprint density at radius 1 is 1.15 bits per heavy atom. The van der Waals surface area contributed by atoms with Gasteiger partial charge >= 0.3 is 6.03 Å². The second-order valence-corrected chi connectivity index (χ2v) is 11.3. The van der Waals surface area contributed by atoms with Gasteiger partial charge in [0.1, 0.15) is 11.6 Å². The minimum absolute atomic E-state index is 0.0979. The maximum absolute atomic E-state index is 13.1. The first-order chi connectivity index (χ1) is 18.6. The molecule has 0 saturated carbocycles. The lowest BCUT2D eigenvalue weighted by atomic mass is 10.2. The maximum atomic E-state index is 13.1. The van der Waals surface area contributed by atoms with E-state index in [1.165, 1.54) is 6.26 Å². The summed E-state index contributed by atoms with van der Waals surface area (Å²) in [5.74, 6) is 7.67. The van der Waals surface area contributed by atoms with Crippen LogP contribution in [-0.2, 0) is 9.73 Å². The zero-order valence-electron chi connectivity index (χ0n) is 22.7. The van der Waals surface area contributed by atoms with E-state index in [4.69, 9.17) is 4.74 Å². The number of nitrogens with one attached hydrogen (secondary N) is 3. The third kappa shape index (κ3) is 8.98. The molecule has 1 heterocycles. The molecule has 10 nitrogen and oxygen atoms in total. The molecule has 0 aliphatic rings. The molecule has 0 saturated heterocycles. The van der Waals surface area contributed by atoms with Gasteiger partial charge in [-0.2, -0.15) is 4.98 Å². The molecule has 0 spiro atoms. The number of carbonyl (C=O) groups excluding carboxylic acids is 1. The number of anilines is 3. The number of aromatic nitrogens is 2. The largest absolute Gasteiger partial charge is 0.494 e. The molecule has 11 heteroatoms. The van der Waals surface area contributed by atoms with Crippen molar-refractivity contribution in [1.29, 1.82) is 0 Å². The summed E-state index contributed by atoms with van der Waals surface area (Å²) in [5, 5.41) is 18.4. The second kappa shape index (κ2) is 13.6. The number of benzene rings is 2. The number of ether oxygens (including phenoxy) is 1. The summed E-state index contributed by atoms with van der Waals surface area (Å²) in [6.45, 7) is 7.84. The first-order valence-corrected chi connectivity index (χ1v) is 14.4. The SMILES string of the molecule is CCOc1ccc(C#Cc2cnc(Nc3cccc(S(C)(=O)=NC(=O)NC(C)C)c3)nc2N[C@H](C)CO)cc1. The van der Waals surface area contributed by atoms with E-state index in [1.807, 2.05) is 38.1 Å². The Morgan fingerprint density at radius 2 is 1.90 bits per heavy atom. The highest BCUT2D eigenvalue weighted by Crippen LogP contribution is 2.22. The van der Waals surface area contributed by atoms with E-state index >= 15 is 0 Å². The van der Waals surface area contributed by atoms with Gasteiger partial charge in [0.05, 0.1) is 34.7 Å². The van der Waals surface area contributed by atoms with Crippen molar-refractivity contribution in [1.82, 2.24) is 15.3 Å². The van der Waals surface area contributed by atoms with Gasteiger partial charge in [-0.3, -0.25) is 0 Å². The summed E-state index contributed by atoms with van der Waals surface area (Å²) in [4.78, 5) is 21.4. The van der Waals surface area contributed by atoms with E-state index in [0.29, 0.717) is 28.6 Å². The fourth-order valence-corrected chi connectivity index (χ4v) is 4.44. The predicted octanol–water partition coefficient (Wildman–Crippen LogP) is 4.39. The van der Waals surface area contributed by atoms with Crippen molar-refractivity contribution < 1.29 is 18.8 Å². The van der Waals surface area contributed by atoms with Crippen LogP contribution in [0.25, 0.3) is 0 Å². The highest BCUT2D eigenvalue weighted by molar-refractivity contribution is 7.93. The molecule has 0 aliphatic carbocycles. The average molecular weight is 551 g/mol. The fraction of sp³-hybridized carbons (Fsp3) is 0.321. The molecule has 4 N–H and O–H groups in total. The van der Waals surface area contributed by atoms with Gasteiger partial charge in [-0.15, -0.1) is 4.36 Å². The van der Waals surface area contributed by atoms with Crippen LogP contribution in [0.2, 0.25) is 0 Å². The number of urea groups is 1. The summed E-state index contributed by atoms with van der Waals surface area (Å²) in [6, 6.07) is 13.2. The van der Waals surface area contributed by atoms with Crippen molar-refractivity contribution in [2.45, 2.75) is 44.7 Å². The zero-order valence-corrected chi connectivity index (χ0v) is 23.5. The average Bonchev–Trinajstić information content (AvgIpc) is 2.88. The van der Waals surface area contributed by atoms with Gasteiger partial charge in [0.15, 0.2) is 0 Å². The molecule has 0 radical (unpaired) electrons. The molecule has 0 bridgehead atoms. The first kappa shape index (κ1) is 29.4. The van der Waals surface area contributed by atoms with Gasteiger partial charge in [-0.25, -0.2) is 14.0 Å². The molecule has 39 heavy (non-hydrogen) atoms. The van der Waals surface area contributed by atoms with Crippen LogP contribution >= 0.6 is 0 Å². The molecule has 206 valence electrons. The standard InChI is InChI=1S/C28H34N6O4S/c1-6-38-24-14-11-21(12-15-24)10-13-22-17-29-27(33-26(22)31-20(4)18-35)32-23-8-7-9-25(16-23)39(5,37)34-28(36)30-19(2)3/h7-9,11-12,14-17,19-20,35H,6,18H2,1-5H3,(H,30,36)(H2,29,31,32,33)/t20-,39?/m1/s1.